The van der Waals surface area contributed by atoms with Gasteiger partial charge in [-0.25, -0.2) is 4.98 Å². The Morgan fingerprint density at radius 2 is 2.07 bits per heavy atom. The first kappa shape index (κ1) is 18.6. The molecule has 2 atom stereocenters. The number of aromatic nitrogens is 1. The van der Waals surface area contributed by atoms with E-state index in [1.54, 1.807) is 6.20 Å². The second kappa shape index (κ2) is 7.79. The Morgan fingerprint density at radius 3 is 2.83 bits per heavy atom. The Labute approximate surface area is 172 Å². The van der Waals surface area contributed by atoms with E-state index in [4.69, 9.17) is 10.5 Å². The molecule has 1 unspecified atom stereocenters. The van der Waals surface area contributed by atoms with Crippen LogP contribution in [0.4, 0.5) is 0 Å². The third kappa shape index (κ3) is 4.01. The number of benzene rings is 1. The fraction of sp³-hybridized carbons (Fsp3) is 0.500. The van der Waals surface area contributed by atoms with Gasteiger partial charge in [0, 0.05) is 6.04 Å². The van der Waals surface area contributed by atoms with Crippen LogP contribution in [0.5, 0.6) is 5.75 Å². The highest BCUT2D eigenvalue weighted by Crippen LogP contribution is 2.37. The molecule has 152 valence electrons. The van der Waals surface area contributed by atoms with Gasteiger partial charge in [0.25, 0.3) is 5.91 Å². The molecule has 2 aliphatic carbocycles. The number of fused-ring (bicyclic) bond motifs is 1. The molecule has 1 aromatic carbocycles. The van der Waals surface area contributed by atoms with E-state index >= 15 is 0 Å². The predicted octanol–water partition coefficient (Wildman–Crippen LogP) is 3.67. The average Bonchev–Trinajstić information content (AvgIpc) is 3.41. The molecule has 2 heterocycles. The van der Waals surface area contributed by atoms with E-state index in [-0.39, 0.29) is 5.92 Å². The molecule has 1 aromatic heterocycles. The standard InChI is InChI=1S/C24H29N3O2/c25-24(28)23-21(12-20(13-27-23)29-14-15-3-4-15)18-7-5-17-11-19(8-6-16(17)10-18)22-2-1-9-26-22/h6,8,11-13,15,18,22,26H,1-5,7,9-10,14H2,(H2,25,28)/t18-,22?/m0/s1. The van der Waals surface area contributed by atoms with Crippen molar-refractivity contribution in [1.29, 1.82) is 0 Å². The molecule has 3 aliphatic rings. The van der Waals surface area contributed by atoms with Gasteiger partial charge in [0.05, 0.1) is 12.8 Å². The zero-order chi connectivity index (χ0) is 19.8. The third-order valence-corrected chi connectivity index (χ3v) is 6.67. The number of pyridine rings is 1. The summed E-state index contributed by atoms with van der Waals surface area (Å²) in [6, 6.07) is 9.44. The lowest BCUT2D eigenvalue weighted by atomic mass is 9.78. The maximum Gasteiger partial charge on any atom is 0.267 e. The summed E-state index contributed by atoms with van der Waals surface area (Å²) in [5.41, 5.74) is 11.2. The Bertz CT molecular complexity index is 916. The van der Waals surface area contributed by atoms with Crippen molar-refractivity contribution in [1.82, 2.24) is 10.3 Å². The van der Waals surface area contributed by atoms with E-state index in [9.17, 15) is 4.79 Å². The van der Waals surface area contributed by atoms with Crippen molar-refractivity contribution in [2.24, 2.45) is 11.7 Å². The molecule has 5 heteroatoms. The number of nitrogens with zero attached hydrogens (tertiary/aromatic N) is 1. The fourth-order valence-electron chi connectivity index (χ4n) is 4.78. The summed E-state index contributed by atoms with van der Waals surface area (Å²) in [4.78, 5) is 16.4. The van der Waals surface area contributed by atoms with Crippen LogP contribution in [-0.4, -0.2) is 24.0 Å². The van der Waals surface area contributed by atoms with Crippen LogP contribution in [0.1, 0.15) is 76.8 Å². The van der Waals surface area contributed by atoms with E-state index in [2.05, 4.69) is 28.5 Å². The molecule has 2 fully saturated rings. The highest BCUT2D eigenvalue weighted by atomic mass is 16.5. The van der Waals surface area contributed by atoms with Gasteiger partial charge in [0.15, 0.2) is 0 Å². The lowest BCUT2D eigenvalue weighted by molar-refractivity contribution is 0.0994. The van der Waals surface area contributed by atoms with Crippen LogP contribution in [0.3, 0.4) is 0 Å². The second-order valence-electron chi connectivity index (χ2n) is 8.84. The number of nitrogens with two attached hydrogens (primary N) is 1. The van der Waals surface area contributed by atoms with Crippen LogP contribution >= 0.6 is 0 Å². The summed E-state index contributed by atoms with van der Waals surface area (Å²) in [5.74, 6) is 1.23. The van der Waals surface area contributed by atoms with Gasteiger partial charge in [0.2, 0.25) is 0 Å². The lowest BCUT2D eigenvalue weighted by Gasteiger charge is -2.27. The maximum atomic E-state index is 12.0. The van der Waals surface area contributed by atoms with Crippen molar-refractivity contribution in [2.45, 2.75) is 56.9 Å². The van der Waals surface area contributed by atoms with Crippen LogP contribution in [0.25, 0.3) is 0 Å². The first-order chi connectivity index (χ1) is 14.2. The Kier molecular flexibility index (Phi) is 5.00. The van der Waals surface area contributed by atoms with Gasteiger partial charge in [-0.15, -0.1) is 0 Å². The first-order valence-electron chi connectivity index (χ1n) is 10.9. The van der Waals surface area contributed by atoms with Crippen LogP contribution < -0.4 is 15.8 Å². The van der Waals surface area contributed by atoms with Gasteiger partial charge in [-0.1, -0.05) is 18.2 Å². The molecule has 1 saturated heterocycles. The van der Waals surface area contributed by atoms with Crippen molar-refractivity contribution < 1.29 is 9.53 Å². The van der Waals surface area contributed by atoms with Crippen molar-refractivity contribution in [2.75, 3.05) is 13.2 Å². The minimum Gasteiger partial charge on any atom is -0.492 e. The topological polar surface area (TPSA) is 77.2 Å². The van der Waals surface area contributed by atoms with E-state index < -0.39 is 5.91 Å². The quantitative estimate of drug-likeness (QED) is 0.788. The number of hydrogen-bond donors (Lipinski definition) is 2. The van der Waals surface area contributed by atoms with E-state index in [1.807, 2.05) is 6.07 Å². The first-order valence-corrected chi connectivity index (χ1v) is 10.9. The minimum absolute atomic E-state index is 0.248. The summed E-state index contributed by atoms with van der Waals surface area (Å²) in [7, 11) is 0. The monoisotopic (exact) mass is 391 g/mol. The molecule has 0 radical (unpaired) electrons. The summed E-state index contributed by atoms with van der Waals surface area (Å²) in [6.07, 6.45) is 9.56. The Morgan fingerprint density at radius 1 is 1.17 bits per heavy atom. The van der Waals surface area contributed by atoms with E-state index in [1.165, 1.54) is 42.4 Å². The van der Waals surface area contributed by atoms with Crippen LogP contribution in [-0.2, 0) is 12.8 Å². The number of carbonyl (C=O) groups excluding carboxylic acids is 1. The van der Waals surface area contributed by atoms with E-state index in [0.29, 0.717) is 17.7 Å². The molecule has 1 aliphatic heterocycles. The Hall–Kier alpha value is -2.40. The summed E-state index contributed by atoms with van der Waals surface area (Å²) in [6.45, 7) is 1.86. The molecule has 2 aromatic rings. The highest BCUT2D eigenvalue weighted by molar-refractivity contribution is 5.92. The van der Waals surface area contributed by atoms with Gasteiger partial charge in [-0.3, -0.25) is 4.79 Å². The molecule has 1 amide bonds. The third-order valence-electron chi connectivity index (χ3n) is 6.67. The van der Waals surface area contributed by atoms with E-state index in [0.717, 1.165) is 43.7 Å². The van der Waals surface area contributed by atoms with Gasteiger partial charge in [-0.05, 0) is 91.6 Å². The van der Waals surface area contributed by atoms with Crippen LogP contribution in [0.2, 0.25) is 0 Å². The van der Waals surface area contributed by atoms with Gasteiger partial charge in [-0.2, -0.15) is 0 Å². The normalized spacial score (nSPS) is 23.6. The lowest BCUT2D eigenvalue weighted by Crippen LogP contribution is -2.21. The molecule has 1 saturated carbocycles. The number of primary amides is 1. The summed E-state index contributed by atoms with van der Waals surface area (Å²) < 4.78 is 5.92. The number of hydrogen-bond acceptors (Lipinski definition) is 4. The number of amides is 1. The largest absolute Gasteiger partial charge is 0.492 e. The number of rotatable bonds is 6. The molecule has 5 nitrogen and oxygen atoms in total. The molecular formula is C24H29N3O2. The predicted molar refractivity (Wildman–Crippen MR) is 112 cm³/mol. The van der Waals surface area contributed by atoms with Crippen LogP contribution in [0, 0.1) is 5.92 Å². The number of ether oxygens (including phenoxy) is 1. The second-order valence-corrected chi connectivity index (χ2v) is 8.84. The zero-order valence-electron chi connectivity index (χ0n) is 16.8. The van der Waals surface area contributed by atoms with Crippen molar-refractivity contribution in [3.8, 4) is 5.75 Å². The van der Waals surface area contributed by atoms with Gasteiger partial charge >= 0.3 is 0 Å². The minimum atomic E-state index is -0.456. The molecule has 0 bridgehead atoms. The van der Waals surface area contributed by atoms with Gasteiger partial charge < -0.3 is 15.8 Å². The number of aryl methyl sites for hydroxylation is 1. The molecular weight excluding hydrogens is 362 g/mol. The van der Waals surface area contributed by atoms with Crippen molar-refractivity contribution in [3.05, 3.63) is 58.4 Å². The van der Waals surface area contributed by atoms with Gasteiger partial charge in [0.1, 0.15) is 11.4 Å². The average molecular weight is 392 g/mol. The Balaban J connectivity index is 1.38. The highest BCUT2D eigenvalue weighted by Gasteiger charge is 2.27. The summed E-state index contributed by atoms with van der Waals surface area (Å²) >= 11 is 0. The molecule has 3 N–H and O–H groups in total. The number of nitrogens with one attached hydrogen (secondary N) is 1. The zero-order valence-corrected chi connectivity index (χ0v) is 16.8. The SMILES string of the molecule is NC(=O)c1ncc(OCC2CC2)cc1[C@H]1CCc2cc(C3CCCN3)ccc2C1. The van der Waals surface area contributed by atoms with Crippen molar-refractivity contribution >= 4 is 5.91 Å². The number of carbonyl (C=O) groups is 1. The molecule has 29 heavy (non-hydrogen) atoms. The smallest absolute Gasteiger partial charge is 0.267 e. The van der Waals surface area contributed by atoms with Crippen LogP contribution in [0.15, 0.2) is 30.5 Å². The fourth-order valence-corrected chi connectivity index (χ4v) is 4.78. The molecule has 5 rings (SSSR count). The molecule has 0 spiro atoms. The van der Waals surface area contributed by atoms with Crippen molar-refractivity contribution in [3.63, 3.8) is 0 Å². The summed E-state index contributed by atoms with van der Waals surface area (Å²) in [5, 5.41) is 3.59. The maximum absolute atomic E-state index is 12.0.